The molecule has 1 aromatic carbocycles. The summed E-state index contributed by atoms with van der Waals surface area (Å²) in [6.45, 7) is 5.39. The quantitative estimate of drug-likeness (QED) is 0.282. The summed E-state index contributed by atoms with van der Waals surface area (Å²) in [5.41, 5.74) is 1.35. The van der Waals surface area contributed by atoms with Crippen LogP contribution in [0.1, 0.15) is 12.5 Å². The van der Waals surface area contributed by atoms with Gasteiger partial charge >= 0.3 is 5.97 Å². The number of phenols is 2. The van der Waals surface area contributed by atoms with Crippen molar-refractivity contribution in [1.29, 1.82) is 0 Å². The lowest BCUT2D eigenvalue weighted by atomic mass is 10.2. The molecule has 4 heteroatoms. The van der Waals surface area contributed by atoms with Crippen molar-refractivity contribution in [2.24, 2.45) is 0 Å². The molecule has 94 valence electrons. The van der Waals surface area contributed by atoms with Gasteiger partial charge in [0.1, 0.15) is 0 Å². The zero-order valence-corrected chi connectivity index (χ0v) is 9.96. The van der Waals surface area contributed by atoms with Crippen LogP contribution in [0.5, 0.6) is 11.5 Å². The summed E-state index contributed by atoms with van der Waals surface area (Å²) in [5, 5.41) is 18.4. The predicted octanol–water partition coefficient (Wildman–Crippen LogP) is 2.74. The maximum Gasteiger partial charge on any atom is 0.335 e. The third-order valence-corrected chi connectivity index (χ3v) is 1.95. The van der Waals surface area contributed by atoms with Gasteiger partial charge in [-0.1, -0.05) is 18.2 Å². The van der Waals surface area contributed by atoms with Gasteiger partial charge in [-0.3, -0.25) is 0 Å². The van der Waals surface area contributed by atoms with Crippen LogP contribution in [0.15, 0.2) is 48.8 Å². The van der Waals surface area contributed by atoms with Gasteiger partial charge in [-0.2, -0.15) is 0 Å². The van der Waals surface area contributed by atoms with Crippen LogP contribution in [-0.4, -0.2) is 16.2 Å². The molecule has 0 saturated carbocycles. The van der Waals surface area contributed by atoms with Gasteiger partial charge in [-0.05, 0) is 36.8 Å². The largest absolute Gasteiger partial charge is 0.504 e. The van der Waals surface area contributed by atoms with Gasteiger partial charge in [0, 0.05) is 6.08 Å². The molecule has 1 rings (SSSR count). The third-order valence-electron chi connectivity index (χ3n) is 1.95. The average molecular weight is 246 g/mol. The summed E-state index contributed by atoms with van der Waals surface area (Å²) < 4.78 is 4.75. The van der Waals surface area contributed by atoms with Crippen molar-refractivity contribution in [2.75, 3.05) is 0 Å². The highest BCUT2D eigenvalue weighted by atomic mass is 16.5. The van der Waals surface area contributed by atoms with Gasteiger partial charge in [-0.25, -0.2) is 4.79 Å². The number of rotatable bonds is 4. The minimum absolute atomic E-state index is 0.209. The van der Waals surface area contributed by atoms with Crippen LogP contribution >= 0.6 is 0 Å². The van der Waals surface area contributed by atoms with E-state index < -0.39 is 5.97 Å². The van der Waals surface area contributed by atoms with E-state index >= 15 is 0 Å². The maximum atomic E-state index is 11.2. The first-order valence-corrected chi connectivity index (χ1v) is 5.22. The van der Waals surface area contributed by atoms with Crippen LogP contribution < -0.4 is 0 Å². The lowest BCUT2D eigenvalue weighted by Gasteiger charge is -1.98. The molecule has 0 spiro atoms. The maximum absolute atomic E-state index is 11.2. The van der Waals surface area contributed by atoms with Gasteiger partial charge in [0.15, 0.2) is 11.5 Å². The molecular formula is C14H14O4. The van der Waals surface area contributed by atoms with E-state index in [2.05, 4.69) is 6.58 Å². The predicted molar refractivity (Wildman–Crippen MR) is 68.9 cm³/mol. The molecule has 0 aliphatic carbocycles. The van der Waals surface area contributed by atoms with Gasteiger partial charge in [0.2, 0.25) is 0 Å². The van der Waals surface area contributed by atoms with E-state index in [1.54, 1.807) is 19.1 Å². The van der Waals surface area contributed by atoms with E-state index in [1.165, 1.54) is 30.5 Å². The van der Waals surface area contributed by atoms with Crippen LogP contribution in [0.25, 0.3) is 6.08 Å². The zero-order chi connectivity index (χ0) is 13.5. The summed E-state index contributed by atoms with van der Waals surface area (Å²) in [6, 6.07) is 4.23. The highest BCUT2D eigenvalue weighted by Crippen LogP contribution is 2.25. The van der Waals surface area contributed by atoms with E-state index in [9.17, 15) is 9.90 Å². The SMILES string of the molecule is C=C(C)C=COC(=O)/C=C/c1ccc(O)c(O)c1. The van der Waals surface area contributed by atoms with E-state index in [1.807, 2.05) is 0 Å². The molecule has 0 unspecified atom stereocenters. The van der Waals surface area contributed by atoms with Gasteiger partial charge in [0.05, 0.1) is 6.26 Å². The Morgan fingerprint density at radius 3 is 2.61 bits per heavy atom. The number of carbonyl (C=O) groups excluding carboxylic acids is 1. The van der Waals surface area contributed by atoms with Gasteiger partial charge in [-0.15, -0.1) is 0 Å². The summed E-state index contributed by atoms with van der Waals surface area (Å²) in [4.78, 5) is 11.2. The topological polar surface area (TPSA) is 66.8 Å². The first-order valence-electron chi connectivity index (χ1n) is 5.22. The second kappa shape index (κ2) is 6.30. The summed E-state index contributed by atoms with van der Waals surface area (Å²) >= 11 is 0. The molecule has 2 N–H and O–H groups in total. The van der Waals surface area contributed by atoms with Crippen molar-refractivity contribution in [2.45, 2.75) is 6.92 Å². The average Bonchev–Trinajstić information content (AvgIpc) is 2.30. The number of hydrogen-bond donors (Lipinski definition) is 2. The molecule has 0 radical (unpaired) electrons. The Bertz CT molecular complexity index is 513. The van der Waals surface area contributed by atoms with Crippen LogP contribution in [0.2, 0.25) is 0 Å². The summed E-state index contributed by atoms with van der Waals surface area (Å²) in [7, 11) is 0. The van der Waals surface area contributed by atoms with Crippen LogP contribution in [0.3, 0.4) is 0 Å². The molecule has 0 fully saturated rings. The molecule has 0 atom stereocenters. The molecular weight excluding hydrogens is 232 g/mol. The molecule has 18 heavy (non-hydrogen) atoms. The summed E-state index contributed by atoms with van der Waals surface area (Å²) in [6.07, 6.45) is 5.51. The van der Waals surface area contributed by atoms with E-state index in [0.29, 0.717) is 5.56 Å². The van der Waals surface area contributed by atoms with Crippen molar-refractivity contribution in [3.63, 3.8) is 0 Å². The van der Waals surface area contributed by atoms with Crippen molar-refractivity contribution in [3.05, 3.63) is 54.3 Å². The van der Waals surface area contributed by atoms with E-state index in [0.717, 1.165) is 5.57 Å². The first kappa shape index (κ1) is 13.6. The Balaban J connectivity index is 2.60. The van der Waals surface area contributed by atoms with E-state index in [-0.39, 0.29) is 11.5 Å². The fourth-order valence-electron chi connectivity index (χ4n) is 1.06. The van der Waals surface area contributed by atoms with Crippen molar-refractivity contribution >= 4 is 12.0 Å². The van der Waals surface area contributed by atoms with Crippen molar-refractivity contribution in [1.82, 2.24) is 0 Å². The number of esters is 1. The lowest BCUT2D eigenvalue weighted by Crippen LogP contribution is -1.93. The van der Waals surface area contributed by atoms with Crippen molar-refractivity contribution < 1.29 is 19.7 Å². The number of phenolic OH excluding ortho intramolecular Hbond substituents is 2. The number of aromatic hydroxyl groups is 2. The molecule has 0 aromatic heterocycles. The number of ether oxygens (including phenoxy) is 1. The molecule has 0 aliphatic heterocycles. The standard InChI is InChI=1S/C14H14O4/c1-10(2)7-8-18-14(17)6-4-11-3-5-12(15)13(16)9-11/h3-9,15-16H,1H2,2H3/b6-4+,8-7?. The highest BCUT2D eigenvalue weighted by molar-refractivity contribution is 5.87. The fraction of sp³-hybridized carbons (Fsp3) is 0.0714. The summed E-state index contributed by atoms with van der Waals surface area (Å²) in [5.74, 6) is -0.994. The molecule has 0 amide bonds. The first-order chi connectivity index (χ1) is 8.49. The smallest absolute Gasteiger partial charge is 0.335 e. The number of carbonyl (C=O) groups is 1. The fourth-order valence-corrected chi connectivity index (χ4v) is 1.06. The normalized spacial score (nSPS) is 10.9. The number of allylic oxidation sites excluding steroid dienone is 2. The Morgan fingerprint density at radius 2 is 2.00 bits per heavy atom. The second-order valence-corrected chi connectivity index (χ2v) is 3.67. The minimum Gasteiger partial charge on any atom is -0.504 e. The molecule has 4 nitrogen and oxygen atoms in total. The number of benzene rings is 1. The van der Waals surface area contributed by atoms with E-state index in [4.69, 9.17) is 9.84 Å². The van der Waals surface area contributed by atoms with Crippen LogP contribution in [0.4, 0.5) is 0 Å². The minimum atomic E-state index is -0.542. The number of hydrogen-bond acceptors (Lipinski definition) is 4. The van der Waals surface area contributed by atoms with Gasteiger partial charge < -0.3 is 14.9 Å². The zero-order valence-electron chi connectivity index (χ0n) is 9.96. The van der Waals surface area contributed by atoms with Gasteiger partial charge in [0.25, 0.3) is 0 Å². The molecule has 1 aromatic rings. The van der Waals surface area contributed by atoms with Crippen LogP contribution in [-0.2, 0) is 9.53 Å². The van der Waals surface area contributed by atoms with Crippen LogP contribution in [0, 0.1) is 0 Å². The van der Waals surface area contributed by atoms with Crippen molar-refractivity contribution in [3.8, 4) is 11.5 Å². The molecule has 0 aliphatic rings. The Kier molecular flexibility index (Phi) is 4.75. The molecule has 0 saturated heterocycles. The Hall–Kier alpha value is -2.49. The monoisotopic (exact) mass is 246 g/mol. The Morgan fingerprint density at radius 1 is 1.28 bits per heavy atom. The molecule has 0 heterocycles. The lowest BCUT2D eigenvalue weighted by molar-refractivity contribution is -0.132. The highest BCUT2D eigenvalue weighted by Gasteiger charge is 1.99. The second-order valence-electron chi connectivity index (χ2n) is 3.67. The Labute approximate surface area is 105 Å². The molecule has 0 bridgehead atoms. The third kappa shape index (κ3) is 4.57.